The summed E-state index contributed by atoms with van der Waals surface area (Å²) in [6, 6.07) is 4.01. The van der Waals surface area contributed by atoms with Gasteiger partial charge in [-0.25, -0.2) is 12.7 Å². The second kappa shape index (κ2) is 5.09. The van der Waals surface area contributed by atoms with Crippen LogP contribution in [0.2, 0.25) is 0 Å². The van der Waals surface area contributed by atoms with Crippen molar-refractivity contribution in [3.63, 3.8) is 0 Å². The minimum Gasteiger partial charge on any atom is -0.212 e. The van der Waals surface area contributed by atoms with Gasteiger partial charge >= 0.3 is 0 Å². The molecule has 0 aliphatic heterocycles. The molecule has 0 aromatic carbocycles. The van der Waals surface area contributed by atoms with E-state index in [2.05, 4.69) is 0 Å². The second-order valence-electron chi connectivity index (χ2n) is 3.74. The van der Waals surface area contributed by atoms with Crippen molar-refractivity contribution in [3.8, 4) is 0 Å². The third kappa shape index (κ3) is 3.29. The van der Waals surface area contributed by atoms with Gasteiger partial charge in [-0.15, -0.1) is 11.3 Å². The van der Waals surface area contributed by atoms with E-state index in [4.69, 9.17) is 0 Å². The molecule has 0 bridgehead atoms. The fourth-order valence-electron chi connectivity index (χ4n) is 1.21. The van der Waals surface area contributed by atoms with Crippen LogP contribution in [0.25, 0.3) is 0 Å². The topological polar surface area (TPSA) is 37.4 Å². The maximum atomic E-state index is 11.7. The maximum Gasteiger partial charge on any atom is 0.216 e. The van der Waals surface area contributed by atoms with Crippen LogP contribution in [0.15, 0.2) is 17.5 Å². The molecule has 0 atom stereocenters. The average molecular weight is 247 g/mol. The van der Waals surface area contributed by atoms with Crippen molar-refractivity contribution in [2.75, 3.05) is 13.6 Å². The second-order valence-corrected chi connectivity index (χ2v) is 7.37. The van der Waals surface area contributed by atoms with Crippen molar-refractivity contribution in [1.29, 1.82) is 0 Å². The van der Waals surface area contributed by atoms with Gasteiger partial charge in [-0.05, 0) is 31.7 Å². The van der Waals surface area contributed by atoms with Gasteiger partial charge in [0.1, 0.15) is 0 Å². The van der Waals surface area contributed by atoms with Crippen molar-refractivity contribution in [3.05, 3.63) is 22.4 Å². The molecule has 0 unspecified atom stereocenters. The Morgan fingerprint density at radius 3 is 2.60 bits per heavy atom. The minimum atomic E-state index is -3.09. The Balaban J connectivity index is 2.53. The summed E-state index contributed by atoms with van der Waals surface area (Å²) in [7, 11) is -1.45. The molecule has 0 amide bonds. The Kier molecular flexibility index (Phi) is 4.31. The smallest absolute Gasteiger partial charge is 0.212 e. The zero-order valence-corrected chi connectivity index (χ0v) is 10.9. The highest BCUT2D eigenvalue weighted by atomic mass is 32.2. The van der Waals surface area contributed by atoms with E-state index in [9.17, 15) is 8.42 Å². The van der Waals surface area contributed by atoms with Crippen LogP contribution < -0.4 is 0 Å². The predicted octanol–water partition coefficient (Wildman–Crippen LogP) is 1.96. The highest BCUT2D eigenvalue weighted by molar-refractivity contribution is 7.89. The molecular formula is C10H17NO2S2. The number of likely N-dealkylation sites (N-methyl/N-ethyl adjacent to an activating group) is 1. The Morgan fingerprint density at radius 1 is 1.47 bits per heavy atom. The van der Waals surface area contributed by atoms with E-state index in [-0.39, 0.29) is 5.25 Å². The number of hydrogen-bond acceptors (Lipinski definition) is 3. The normalized spacial score (nSPS) is 12.6. The van der Waals surface area contributed by atoms with E-state index in [1.54, 1.807) is 32.2 Å². The fourth-order valence-corrected chi connectivity index (χ4v) is 2.97. The molecule has 0 aliphatic carbocycles. The van der Waals surface area contributed by atoms with Crippen molar-refractivity contribution < 1.29 is 8.42 Å². The predicted molar refractivity (Wildman–Crippen MR) is 64.7 cm³/mol. The molecule has 3 nitrogen and oxygen atoms in total. The molecule has 86 valence electrons. The number of rotatable bonds is 5. The molecule has 5 heteroatoms. The van der Waals surface area contributed by atoms with Crippen LogP contribution in [0, 0.1) is 0 Å². The number of thiophene rings is 1. The van der Waals surface area contributed by atoms with Crippen LogP contribution >= 0.6 is 11.3 Å². The summed E-state index contributed by atoms with van der Waals surface area (Å²) in [6.45, 7) is 3.97. The van der Waals surface area contributed by atoms with Gasteiger partial charge in [0.15, 0.2) is 0 Å². The molecule has 0 saturated heterocycles. The Hall–Kier alpha value is -0.390. The Labute approximate surface area is 95.8 Å². The molecule has 1 heterocycles. The van der Waals surface area contributed by atoms with E-state index in [1.165, 1.54) is 9.18 Å². The Bertz CT molecular complexity index is 382. The highest BCUT2D eigenvalue weighted by Gasteiger charge is 2.21. The van der Waals surface area contributed by atoms with Gasteiger partial charge in [0.05, 0.1) is 5.25 Å². The van der Waals surface area contributed by atoms with E-state index in [1.807, 2.05) is 17.5 Å². The minimum absolute atomic E-state index is 0.342. The van der Waals surface area contributed by atoms with E-state index >= 15 is 0 Å². The lowest BCUT2D eigenvalue weighted by Gasteiger charge is -2.19. The monoisotopic (exact) mass is 247 g/mol. The van der Waals surface area contributed by atoms with Gasteiger partial charge in [0, 0.05) is 18.5 Å². The fraction of sp³-hybridized carbons (Fsp3) is 0.600. The van der Waals surface area contributed by atoms with Gasteiger partial charge in [0.2, 0.25) is 10.0 Å². The summed E-state index contributed by atoms with van der Waals surface area (Å²) >= 11 is 1.66. The molecule has 0 N–H and O–H groups in total. The molecule has 0 fully saturated rings. The quantitative estimate of drug-likeness (QED) is 0.797. The first-order valence-corrected chi connectivity index (χ1v) is 7.30. The number of sulfonamides is 1. The lowest BCUT2D eigenvalue weighted by molar-refractivity contribution is 0.466. The van der Waals surface area contributed by atoms with E-state index < -0.39 is 10.0 Å². The molecule has 1 aromatic rings. The molecule has 0 spiro atoms. The van der Waals surface area contributed by atoms with Gasteiger partial charge in [-0.3, -0.25) is 0 Å². The van der Waals surface area contributed by atoms with E-state index in [0.717, 1.165) is 6.42 Å². The SMILES string of the molecule is CC(C)S(=O)(=O)N(C)CCc1cccs1. The molecule has 1 aromatic heterocycles. The zero-order valence-electron chi connectivity index (χ0n) is 9.30. The summed E-state index contributed by atoms with van der Waals surface area (Å²) in [6.07, 6.45) is 0.792. The van der Waals surface area contributed by atoms with Crippen molar-refractivity contribution in [2.24, 2.45) is 0 Å². The first-order valence-electron chi connectivity index (χ1n) is 4.92. The average Bonchev–Trinajstić information content (AvgIpc) is 2.66. The van der Waals surface area contributed by atoms with Gasteiger partial charge in [-0.2, -0.15) is 0 Å². The molecule has 0 aliphatic rings. The van der Waals surface area contributed by atoms with Gasteiger partial charge < -0.3 is 0 Å². The highest BCUT2D eigenvalue weighted by Crippen LogP contribution is 2.12. The number of nitrogens with zero attached hydrogens (tertiary/aromatic N) is 1. The third-order valence-corrected chi connectivity index (χ3v) is 5.46. The molecule has 0 saturated carbocycles. The third-order valence-electron chi connectivity index (χ3n) is 2.28. The summed E-state index contributed by atoms with van der Waals surface area (Å²) in [5, 5.41) is 1.66. The van der Waals surface area contributed by atoms with Crippen LogP contribution in [0.4, 0.5) is 0 Å². The summed E-state index contributed by atoms with van der Waals surface area (Å²) in [4.78, 5) is 1.22. The lowest BCUT2D eigenvalue weighted by Crippen LogP contribution is -2.34. The number of hydrogen-bond donors (Lipinski definition) is 0. The Morgan fingerprint density at radius 2 is 2.13 bits per heavy atom. The first kappa shape index (κ1) is 12.7. The van der Waals surface area contributed by atoms with Crippen molar-refractivity contribution in [2.45, 2.75) is 25.5 Å². The molecule has 0 radical (unpaired) electrons. The van der Waals surface area contributed by atoms with Crippen molar-refractivity contribution >= 4 is 21.4 Å². The van der Waals surface area contributed by atoms with Gasteiger partial charge in [0.25, 0.3) is 0 Å². The van der Waals surface area contributed by atoms with Crippen LogP contribution in [0.3, 0.4) is 0 Å². The standard InChI is InChI=1S/C10H17NO2S2/c1-9(2)15(12,13)11(3)7-6-10-5-4-8-14-10/h4-5,8-9H,6-7H2,1-3H3. The zero-order chi connectivity index (χ0) is 11.5. The van der Waals surface area contributed by atoms with Gasteiger partial charge in [-0.1, -0.05) is 6.07 Å². The van der Waals surface area contributed by atoms with Crippen LogP contribution in [0.5, 0.6) is 0 Å². The first-order chi connectivity index (χ1) is 6.94. The summed E-state index contributed by atoms with van der Waals surface area (Å²) in [5.41, 5.74) is 0. The summed E-state index contributed by atoms with van der Waals surface area (Å²) < 4.78 is 24.9. The molecular weight excluding hydrogens is 230 g/mol. The molecule has 15 heavy (non-hydrogen) atoms. The van der Waals surface area contributed by atoms with Crippen LogP contribution in [0.1, 0.15) is 18.7 Å². The largest absolute Gasteiger partial charge is 0.216 e. The van der Waals surface area contributed by atoms with Crippen molar-refractivity contribution in [1.82, 2.24) is 4.31 Å². The lowest BCUT2D eigenvalue weighted by atomic mass is 10.3. The summed E-state index contributed by atoms with van der Waals surface area (Å²) in [5.74, 6) is 0. The van der Waals surface area contributed by atoms with Crippen LogP contribution in [-0.4, -0.2) is 31.6 Å². The van der Waals surface area contributed by atoms with Crippen LogP contribution in [-0.2, 0) is 16.4 Å². The molecule has 1 rings (SSSR count). The van der Waals surface area contributed by atoms with E-state index in [0.29, 0.717) is 6.54 Å². The maximum absolute atomic E-state index is 11.7.